The van der Waals surface area contributed by atoms with Crippen molar-refractivity contribution in [3.05, 3.63) is 48.8 Å². The number of hydrogen-bond acceptors (Lipinski definition) is 2. The van der Waals surface area contributed by atoms with Gasteiger partial charge in [0.25, 0.3) is 5.56 Å². The number of aryl methyl sites for hydroxylation is 1. The van der Waals surface area contributed by atoms with Crippen molar-refractivity contribution in [2.45, 2.75) is 27.2 Å². The molecule has 0 saturated carbocycles. The summed E-state index contributed by atoms with van der Waals surface area (Å²) < 4.78 is 1.55. The quantitative estimate of drug-likeness (QED) is 0.827. The molecule has 106 valence electrons. The first-order chi connectivity index (χ1) is 9.38. The summed E-state index contributed by atoms with van der Waals surface area (Å²) in [7, 11) is 0. The van der Waals surface area contributed by atoms with Crippen molar-refractivity contribution in [2.24, 2.45) is 5.92 Å². The van der Waals surface area contributed by atoms with Gasteiger partial charge >= 0.3 is 0 Å². The molecule has 2 aromatic rings. The number of rotatable bonds is 3. The maximum absolute atomic E-state index is 12.0. The second-order valence-electron chi connectivity index (χ2n) is 5.23. The zero-order chi connectivity index (χ0) is 14.9. The molecule has 0 bridgehead atoms. The van der Waals surface area contributed by atoms with Crippen LogP contribution < -0.4 is 5.56 Å². The fraction of sp³-hybridized carbons (Fsp3) is 0.333. The molecule has 0 fully saturated rings. The molecule has 2 rings (SSSR count). The van der Waals surface area contributed by atoms with Gasteiger partial charge < -0.3 is 4.98 Å². The van der Waals surface area contributed by atoms with E-state index in [1.807, 2.05) is 25.1 Å². The van der Waals surface area contributed by atoms with E-state index in [9.17, 15) is 4.79 Å². The van der Waals surface area contributed by atoms with Crippen LogP contribution in [0, 0.1) is 12.8 Å². The minimum absolute atomic E-state index is 0.132. The summed E-state index contributed by atoms with van der Waals surface area (Å²) in [5, 5.41) is 0. The predicted octanol–water partition coefficient (Wildman–Crippen LogP) is 4.47. The first-order valence-electron chi connectivity index (χ1n) is 6.43. The number of benzene rings is 1. The van der Waals surface area contributed by atoms with Crippen molar-refractivity contribution in [1.29, 1.82) is 0 Å². The van der Waals surface area contributed by atoms with Crippen LogP contribution in [-0.4, -0.2) is 9.97 Å². The van der Waals surface area contributed by atoms with Crippen LogP contribution in [0.25, 0.3) is 11.4 Å². The number of aromatic amines is 1. The molecule has 0 amide bonds. The lowest BCUT2D eigenvalue weighted by Gasteiger charge is -2.10. The molecule has 1 aromatic heterocycles. The summed E-state index contributed by atoms with van der Waals surface area (Å²) >= 11 is 6.77. The van der Waals surface area contributed by atoms with Crippen LogP contribution in [0.1, 0.15) is 25.1 Å². The molecule has 0 aliphatic rings. The van der Waals surface area contributed by atoms with Crippen molar-refractivity contribution in [1.82, 2.24) is 9.97 Å². The van der Waals surface area contributed by atoms with E-state index in [-0.39, 0.29) is 5.56 Å². The molecule has 0 spiro atoms. The summed E-state index contributed by atoms with van der Waals surface area (Å²) in [5.74, 6) is 1.07. The monoisotopic (exact) mass is 398 g/mol. The molecular weight excluding hydrogens is 384 g/mol. The second-order valence-corrected chi connectivity index (χ2v) is 6.94. The number of H-pyrrole nitrogens is 1. The summed E-state index contributed by atoms with van der Waals surface area (Å²) in [6.07, 6.45) is 0.771. The minimum atomic E-state index is -0.132. The predicted molar refractivity (Wildman–Crippen MR) is 89.0 cm³/mol. The van der Waals surface area contributed by atoms with E-state index in [0.717, 1.165) is 27.7 Å². The molecule has 1 heterocycles. The highest BCUT2D eigenvalue weighted by Gasteiger charge is 2.13. The summed E-state index contributed by atoms with van der Waals surface area (Å²) in [4.78, 5) is 19.5. The van der Waals surface area contributed by atoms with Gasteiger partial charge in [-0.1, -0.05) is 29.8 Å². The Bertz CT molecular complexity index is 693. The molecule has 3 nitrogen and oxygen atoms in total. The molecule has 0 aliphatic carbocycles. The van der Waals surface area contributed by atoms with E-state index < -0.39 is 0 Å². The molecule has 0 unspecified atom stereocenters. The fourth-order valence-electron chi connectivity index (χ4n) is 2.05. The molecule has 1 aromatic carbocycles. The maximum atomic E-state index is 12.0. The topological polar surface area (TPSA) is 45.8 Å². The zero-order valence-corrected chi connectivity index (χ0v) is 14.8. The summed E-state index contributed by atoms with van der Waals surface area (Å²) in [5.41, 5.74) is 2.69. The Morgan fingerprint density at radius 3 is 2.60 bits per heavy atom. The van der Waals surface area contributed by atoms with Gasteiger partial charge in [-0.05, 0) is 59.0 Å². The number of hydrogen-bond donors (Lipinski definition) is 1. The van der Waals surface area contributed by atoms with Crippen LogP contribution in [0.4, 0.5) is 0 Å². The Balaban J connectivity index is 2.57. The minimum Gasteiger partial charge on any atom is -0.306 e. The van der Waals surface area contributed by atoms with E-state index >= 15 is 0 Å². The highest BCUT2D eigenvalue weighted by Crippen LogP contribution is 2.24. The van der Waals surface area contributed by atoms with Gasteiger partial charge in [-0.25, -0.2) is 4.98 Å². The zero-order valence-electron chi connectivity index (χ0n) is 11.6. The van der Waals surface area contributed by atoms with Crippen molar-refractivity contribution >= 4 is 31.9 Å². The first kappa shape index (κ1) is 15.4. The summed E-state index contributed by atoms with van der Waals surface area (Å²) in [6.45, 7) is 6.23. The third-order valence-corrected chi connectivity index (χ3v) is 4.29. The third kappa shape index (κ3) is 3.38. The average Bonchev–Trinajstić information content (AvgIpc) is 2.34. The molecule has 20 heavy (non-hydrogen) atoms. The van der Waals surface area contributed by atoms with Gasteiger partial charge in [0.15, 0.2) is 0 Å². The lowest BCUT2D eigenvalue weighted by atomic mass is 10.1. The molecule has 0 saturated heterocycles. The van der Waals surface area contributed by atoms with Gasteiger partial charge in [-0.2, -0.15) is 0 Å². The highest BCUT2D eigenvalue weighted by molar-refractivity contribution is 9.10. The van der Waals surface area contributed by atoms with Gasteiger partial charge in [0.1, 0.15) is 10.3 Å². The van der Waals surface area contributed by atoms with Gasteiger partial charge in [-0.3, -0.25) is 4.79 Å². The standard InChI is InChI=1S/C15H16Br2N2O/c1-8(2)6-12-13(17)15(20)19-14(18-12)11-5-4-10(16)7-9(11)3/h4-5,7-8H,6H2,1-3H3,(H,18,19,20). The van der Waals surface area contributed by atoms with Crippen molar-refractivity contribution in [2.75, 3.05) is 0 Å². The van der Waals surface area contributed by atoms with Crippen LogP contribution in [0.3, 0.4) is 0 Å². The molecule has 0 aliphatic heterocycles. The molecule has 1 N–H and O–H groups in total. The molecule has 5 heteroatoms. The average molecular weight is 400 g/mol. The molecular formula is C15H16Br2N2O. The Morgan fingerprint density at radius 1 is 1.30 bits per heavy atom. The van der Waals surface area contributed by atoms with Crippen LogP contribution in [-0.2, 0) is 6.42 Å². The van der Waals surface area contributed by atoms with Gasteiger partial charge in [0.2, 0.25) is 0 Å². The van der Waals surface area contributed by atoms with Crippen molar-refractivity contribution < 1.29 is 0 Å². The second kappa shape index (κ2) is 6.22. The van der Waals surface area contributed by atoms with Gasteiger partial charge in [0, 0.05) is 10.0 Å². The van der Waals surface area contributed by atoms with Crippen LogP contribution >= 0.6 is 31.9 Å². The third-order valence-electron chi connectivity index (χ3n) is 2.98. The Kier molecular flexibility index (Phi) is 4.81. The van der Waals surface area contributed by atoms with E-state index in [1.54, 1.807) is 0 Å². The molecule has 0 atom stereocenters. The fourth-order valence-corrected chi connectivity index (χ4v) is 2.87. The van der Waals surface area contributed by atoms with E-state index in [0.29, 0.717) is 16.2 Å². The van der Waals surface area contributed by atoms with Gasteiger partial charge in [-0.15, -0.1) is 0 Å². The maximum Gasteiger partial charge on any atom is 0.265 e. The first-order valence-corrected chi connectivity index (χ1v) is 8.02. The number of nitrogens with one attached hydrogen (secondary N) is 1. The number of aromatic nitrogens is 2. The summed E-state index contributed by atoms with van der Waals surface area (Å²) in [6, 6.07) is 5.93. The Hall–Kier alpha value is -0.940. The van der Waals surface area contributed by atoms with Crippen molar-refractivity contribution in [3.8, 4) is 11.4 Å². The van der Waals surface area contributed by atoms with Crippen LogP contribution in [0.2, 0.25) is 0 Å². The SMILES string of the molecule is Cc1cc(Br)ccc1-c1nc(CC(C)C)c(Br)c(=O)[nH]1. The molecule has 0 radical (unpaired) electrons. The van der Waals surface area contributed by atoms with Crippen LogP contribution in [0.5, 0.6) is 0 Å². The Morgan fingerprint density at radius 2 is 2.00 bits per heavy atom. The van der Waals surface area contributed by atoms with E-state index in [4.69, 9.17) is 0 Å². The largest absolute Gasteiger partial charge is 0.306 e. The van der Waals surface area contributed by atoms with Crippen LogP contribution in [0.15, 0.2) is 31.9 Å². The smallest absolute Gasteiger partial charge is 0.265 e. The number of halogens is 2. The van der Waals surface area contributed by atoms with Gasteiger partial charge in [0.05, 0.1) is 5.69 Å². The van der Waals surface area contributed by atoms with Crippen molar-refractivity contribution in [3.63, 3.8) is 0 Å². The van der Waals surface area contributed by atoms with E-state index in [2.05, 4.69) is 55.7 Å². The normalized spacial score (nSPS) is 11.1. The Labute approximate surface area is 135 Å². The highest BCUT2D eigenvalue weighted by atomic mass is 79.9. The lowest BCUT2D eigenvalue weighted by Crippen LogP contribution is -2.15. The van der Waals surface area contributed by atoms with E-state index in [1.165, 1.54) is 0 Å². The lowest BCUT2D eigenvalue weighted by molar-refractivity contribution is 0.631. The number of nitrogens with zero attached hydrogens (tertiary/aromatic N) is 1.